The van der Waals surface area contributed by atoms with E-state index in [4.69, 9.17) is 15.4 Å². The van der Waals surface area contributed by atoms with Gasteiger partial charge in [-0.15, -0.1) is 10.2 Å². The SMILES string of the molecule is Cn1c(C2CCOCC2)nnc1S(=O)(=O)Cl. The van der Waals surface area contributed by atoms with E-state index in [0.29, 0.717) is 19.0 Å². The summed E-state index contributed by atoms with van der Waals surface area (Å²) in [5.74, 6) is 0.848. The fourth-order valence-corrected chi connectivity index (χ4v) is 2.81. The molecule has 0 amide bonds. The number of hydrogen-bond acceptors (Lipinski definition) is 5. The minimum atomic E-state index is -3.82. The van der Waals surface area contributed by atoms with Gasteiger partial charge >= 0.3 is 0 Å². The number of ether oxygens (including phenoxy) is 1. The van der Waals surface area contributed by atoms with Crippen LogP contribution in [-0.2, 0) is 20.8 Å². The molecule has 6 nitrogen and oxygen atoms in total. The van der Waals surface area contributed by atoms with E-state index in [9.17, 15) is 8.42 Å². The van der Waals surface area contributed by atoms with Crippen molar-refractivity contribution in [3.63, 3.8) is 0 Å². The predicted octanol–water partition coefficient (Wildman–Crippen LogP) is 0.637. The monoisotopic (exact) mass is 265 g/mol. The molecule has 0 atom stereocenters. The number of halogens is 1. The van der Waals surface area contributed by atoms with Gasteiger partial charge in [0.25, 0.3) is 14.2 Å². The molecule has 2 heterocycles. The molecule has 1 aromatic rings. The molecule has 0 unspecified atom stereocenters. The molecule has 0 bridgehead atoms. The van der Waals surface area contributed by atoms with Crippen molar-refractivity contribution in [1.29, 1.82) is 0 Å². The van der Waals surface area contributed by atoms with Crippen LogP contribution >= 0.6 is 10.7 Å². The normalized spacial score (nSPS) is 18.9. The topological polar surface area (TPSA) is 74.1 Å². The zero-order chi connectivity index (χ0) is 11.8. The van der Waals surface area contributed by atoms with Crippen molar-refractivity contribution in [2.75, 3.05) is 13.2 Å². The van der Waals surface area contributed by atoms with Gasteiger partial charge in [0.05, 0.1) is 0 Å². The van der Waals surface area contributed by atoms with Crippen molar-refractivity contribution in [3.8, 4) is 0 Å². The van der Waals surface area contributed by atoms with Crippen molar-refractivity contribution in [2.24, 2.45) is 7.05 Å². The van der Waals surface area contributed by atoms with E-state index in [1.165, 1.54) is 4.57 Å². The lowest BCUT2D eigenvalue weighted by Crippen LogP contribution is -2.17. The highest BCUT2D eigenvalue weighted by Gasteiger charge is 2.26. The van der Waals surface area contributed by atoms with Crippen LogP contribution in [0.1, 0.15) is 24.6 Å². The summed E-state index contributed by atoms with van der Waals surface area (Å²) in [5, 5.41) is 7.32. The Labute approximate surface area is 98.0 Å². The highest BCUT2D eigenvalue weighted by atomic mass is 35.7. The summed E-state index contributed by atoms with van der Waals surface area (Å²) in [6.07, 6.45) is 1.66. The maximum absolute atomic E-state index is 11.2. The summed E-state index contributed by atoms with van der Waals surface area (Å²) in [5.41, 5.74) is 0. The maximum Gasteiger partial charge on any atom is 0.296 e. The van der Waals surface area contributed by atoms with Crippen LogP contribution in [0.2, 0.25) is 0 Å². The fourth-order valence-electron chi connectivity index (χ4n) is 1.85. The third-order valence-electron chi connectivity index (χ3n) is 2.67. The average Bonchev–Trinajstić information content (AvgIpc) is 2.61. The molecular formula is C8H12ClN3O3S. The van der Waals surface area contributed by atoms with Gasteiger partial charge in [0.2, 0.25) is 0 Å². The molecule has 1 aliphatic heterocycles. The molecular weight excluding hydrogens is 254 g/mol. The molecule has 0 aliphatic carbocycles. The van der Waals surface area contributed by atoms with E-state index in [1.54, 1.807) is 7.05 Å². The van der Waals surface area contributed by atoms with Crippen LogP contribution in [-0.4, -0.2) is 36.4 Å². The van der Waals surface area contributed by atoms with Crippen molar-refractivity contribution in [3.05, 3.63) is 5.82 Å². The summed E-state index contributed by atoms with van der Waals surface area (Å²) >= 11 is 0. The Morgan fingerprint density at radius 2 is 2.00 bits per heavy atom. The van der Waals surface area contributed by atoms with Gasteiger partial charge in [-0.3, -0.25) is 0 Å². The quantitative estimate of drug-likeness (QED) is 0.734. The molecule has 1 aliphatic rings. The van der Waals surface area contributed by atoms with E-state index in [-0.39, 0.29) is 11.1 Å². The highest BCUT2D eigenvalue weighted by Crippen LogP contribution is 2.26. The molecule has 8 heteroatoms. The molecule has 0 aromatic carbocycles. The first-order valence-corrected chi connectivity index (χ1v) is 7.23. The lowest BCUT2D eigenvalue weighted by atomic mass is 10.00. The first kappa shape index (κ1) is 11.8. The van der Waals surface area contributed by atoms with E-state index < -0.39 is 9.05 Å². The lowest BCUT2D eigenvalue weighted by Gasteiger charge is -2.20. The zero-order valence-corrected chi connectivity index (χ0v) is 10.3. The highest BCUT2D eigenvalue weighted by molar-refractivity contribution is 8.13. The Morgan fingerprint density at radius 1 is 1.38 bits per heavy atom. The summed E-state index contributed by atoms with van der Waals surface area (Å²) in [6.45, 7) is 1.33. The van der Waals surface area contributed by atoms with Crippen LogP contribution in [0.25, 0.3) is 0 Å². The Kier molecular flexibility index (Phi) is 3.18. The lowest BCUT2D eigenvalue weighted by molar-refractivity contribution is 0.0828. The smallest absolute Gasteiger partial charge is 0.296 e. The molecule has 1 fully saturated rings. The second-order valence-corrected chi connectivity index (χ2v) is 6.18. The minimum Gasteiger partial charge on any atom is -0.381 e. The third-order valence-corrected chi connectivity index (χ3v) is 3.88. The van der Waals surface area contributed by atoms with E-state index >= 15 is 0 Å². The number of hydrogen-bond donors (Lipinski definition) is 0. The second kappa shape index (κ2) is 4.31. The van der Waals surface area contributed by atoms with Gasteiger partial charge in [-0.25, -0.2) is 8.42 Å². The fraction of sp³-hybridized carbons (Fsp3) is 0.750. The van der Waals surface area contributed by atoms with E-state index in [1.807, 2.05) is 0 Å². The molecule has 90 valence electrons. The molecule has 2 rings (SSSR count). The molecule has 16 heavy (non-hydrogen) atoms. The van der Waals surface area contributed by atoms with Crippen LogP contribution in [0.15, 0.2) is 5.16 Å². The van der Waals surface area contributed by atoms with Gasteiger partial charge in [-0.05, 0) is 12.8 Å². The van der Waals surface area contributed by atoms with E-state index in [0.717, 1.165) is 12.8 Å². The second-order valence-electron chi connectivity index (χ2n) is 3.72. The molecule has 0 saturated carbocycles. The Balaban J connectivity index is 2.33. The molecule has 0 spiro atoms. The van der Waals surface area contributed by atoms with Gasteiger partial charge in [-0.2, -0.15) is 0 Å². The molecule has 0 radical (unpaired) electrons. The number of nitrogens with zero attached hydrogens (tertiary/aromatic N) is 3. The Morgan fingerprint density at radius 3 is 2.50 bits per heavy atom. The van der Waals surface area contributed by atoms with Crippen LogP contribution < -0.4 is 0 Å². The summed E-state index contributed by atoms with van der Waals surface area (Å²) in [6, 6.07) is 0. The number of rotatable bonds is 2. The first-order chi connectivity index (χ1) is 7.50. The maximum atomic E-state index is 11.2. The van der Waals surface area contributed by atoms with Gasteiger partial charge in [0.1, 0.15) is 5.82 Å². The van der Waals surface area contributed by atoms with Crippen LogP contribution in [0.3, 0.4) is 0 Å². The third kappa shape index (κ3) is 2.21. The van der Waals surface area contributed by atoms with Crippen LogP contribution in [0.5, 0.6) is 0 Å². The van der Waals surface area contributed by atoms with E-state index in [2.05, 4.69) is 10.2 Å². The Bertz CT molecular complexity index is 479. The molecule has 1 aromatic heterocycles. The first-order valence-electron chi connectivity index (χ1n) is 4.92. The van der Waals surface area contributed by atoms with Crippen molar-refractivity contribution in [1.82, 2.24) is 14.8 Å². The standard InChI is InChI=1S/C8H12ClN3O3S/c1-12-7(6-2-4-15-5-3-6)10-11-8(12)16(9,13)14/h6H,2-5H2,1H3. The Hall–Kier alpha value is -0.660. The van der Waals surface area contributed by atoms with Crippen molar-refractivity contribution in [2.45, 2.75) is 23.9 Å². The number of aromatic nitrogens is 3. The minimum absolute atomic E-state index is 0.193. The van der Waals surface area contributed by atoms with Gasteiger partial charge < -0.3 is 9.30 Å². The predicted molar refractivity (Wildman–Crippen MR) is 56.8 cm³/mol. The summed E-state index contributed by atoms with van der Waals surface area (Å²) in [4.78, 5) is 0. The average molecular weight is 266 g/mol. The summed E-state index contributed by atoms with van der Waals surface area (Å²) < 4.78 is 29.0. The van der Waals surface area contributed by atoms with Crippen LogP contribution in [0, 0.1) is 0 Å². The largest absolute Gasteiger partial charge is 0.381 e. The van der Waals surface area contributed by atoms with Crippen LogP contribution in [0.4, 0.5) is 0 Å². The van der Waals surface area contributed by atoms with Crippen molar-refractivity contribution >= 4 is 19.7 Å². The summed E-state index contributed by atoms with van der Waals surface area (Å²) in [7, 11) is 3.03. The van der Waals surface area contributed by atoms with Gasteiger partial charge in [0.15, 0.2) is 0 Å². The van der Waals surface area contributed by atoms with Gasteiger partial charge in [0, 0.05) is 36.9 Å². The van der Waals surface area contributed by atoms with Crippen molar-refractivity contribution < 1.29 is 13.2 Å². The molecule has 1 saturated heterocycles. The molecule has 0 N–H and O–H groups in total. The zero-order valence-electron chi connectivity index (χ0n) is 8.76. The van der Waals surface area contributed by atoms with Gasteiger partial charge in [-0.1, -0.05) is 0 Å².